The van der Waals surface area contributed by atoms with Crippen LogP contribution in [0.3, 0.4) is 0 Å². The number of aromatic amines is 1. The van der Waals surface area contributed by atoms with Crippen molar-refractivity contribution in [2.24, 2.45) is 0 Å². The van der Waals surface area contributed by atoms with E-state index >= 15 is 0 Å². The number of carbonyl (C=O) groups excluding carboxylic acids is 1. The minimum atomic E-state index is -0.426. The molecule has 0 amide bonds. The highest BCUT2D eigenvalue weighted by Gasteiger charge is 2.19. The summed E-state index contributed by atoms with van der Waals surface area (Å²) < 4.78 is 17.4. The van der Waals surface area contributed by atoms with Gasteiger partial charge in [0.25, 0.3) is 0 Å². The molecule has 5 rings (SSSR count). The first-order chi connectivity index (χ1) is 17.6. The van der Waals surface area contributed by atoms with Crippen molar-refractivity contribution in [1.29, 1.82) is 0 Å². The van der Waals surface area contributed by atoms with Gasteiger partial charge >= 0.3 is 10.8 Å². The molecule has 0 aliphatic carbocycles. The van der Waals surface area contributed by atoms with Crippen molar-refractivity contribution in [3.05, 3.63) is 82.2 Å². The number of nitrogens with zero attached hydrogens (tertiary/aromatic N) is 3. The molecular weight excluding hydrogens is 476 g/mol. The number of methoxy groups -OCH3 is 1. The molecule has 5 aromatic rings. The van der Waals surface area contributed by atoms with Crippen molar-refractivity contribution < 1.29 is 14.3 Å². The predicted molar refractivity (Wildman–Crippen MR) is 140 cm³/mol. The first-order valence-corrected chi connectivity index (χ1v) is 12.4. The largest absolute Gasteiger partial charge is 0.493 e. The fraction of sp³-hybridized carbons (Fsp3) is 0.185. The van der Waals surface area contributed by atoms with E-state index in [4.69, 9.17) is 9.47 Å². The highest BCUT2D eigenvalue weighted by Crippen LogP contribution is 2.38. The Bertz CT molecular complexity index is 1600. The number of imidazole rings is 1. The highest BCUT2D eigenvalue weighted by atomic mass is 32.1. The molecule has 1 N–H and O–H groups in total. The summed E-state index contributed by atoms with van der Waals surface area (Å²) in [6.45, 7) is 2.67. The average Bonchev–Trinajstić information content (AvgIpc) is 3.55. The molecule has 0 fully saturated rings. The number of hydrogen-bond donors (Lipinski definition) is 1. The molecule has 0 radical (unpaired) electrons. The lowest BCUT2D eigenvalue weighted by atomic mass is 9.98. The molecule has 0 unspecified atom stereocenters. The predicted octanol–water partition coefficient (Wildman–Crippen LogP) is 5.47. The summed E-state index contributed by atoms with van der Waals surface area (Å²) in [5.41, 5.74) is 5.15. The number of benzene rings is 3. The van der Waals surface area contributed by atoms with Crippen LogP contribution in [-0.2, 0) is 4.74 Å². The van der Waals surface area contributed by atoms with Crippen molar-refractivity contribution in [3.63, 3.8) is 0 Å². The van der Waals surface area contributed by atoms with Crippen LogP contribution in [0, 0.1) is 0 Å². The van der Waals surface area contributed by atoms with Crippen molar-refractivity contribution in [3.8, 4) is 34.0 Å². The average molecular weight is 501 g/mol. The normalized spacial score (nSPS) is 11.1. The fourth-order valence-corrected chi connectivity index (χ4v) is 4.60. The quantitative estimate of drug-likeness (QED) is 0.224. The molecule has 8 nitrogen and oxygen atoms in total. The van der Waals surface area contributed by atoms with Crippen LogP contribution in [0.15, 0.2) is 71.8 Å². The van der Waals surface area contributed by atoms with Gasteiger partial charge in [0, 0.05) is 28.7 Å². The van der Waals surface area contributed by atoms with E-state index in [0.29, 0.717) is 34.8 Å². The summed E-state index contributed by atoms with van der Waals surface area (Å²) in [7, 11) is 1.36. The third-order valence-electron chi connectivity index (χ3n) is 5.88. The molecule has 2 aromatic heterocycles. The summed E-state index contributed by atoms with van der Waals surface area (Å²) in [6.07, 6.45) is 3.60. The molecule has 0 aliphatic rings. The third kappa shape index (κ3) is 4.40. The molecular formula is C27H24N4O4S. The van der Waals surface area contributed by atoms with Crippen LogP contribution in [-0.4, -0.2) is 38.6 Å². The molecule has 0 atom stereocenters. The Labute approximate surface area is 211 Å². The lowest BCUT2D eigenvalue weighted by Gasteiger charge is -2.16. The zero-order chi connectivity index (χ0) is 25.1. The van der Waals surface area contributed by atoms with Crippen LogP contribution >= 0.6 is 11.5 Å². The first-order valence-electron chi connectivity index (χ1n) is 11.6. The van der Waals surface area contributed by atoms with Crippen LogP contribution < -0.4 is 9.61 Å². The lowest BCUT2D eigenvalue weighted by Crippen LogP contribution is -2.05. The Morgan fingerprint density at radius 3 is 2.64 bits per heavy atom. The van der Waals surface area contributed by atoms with Gasteiger partial charge in [-0.05, 0) is 36.2 Å². The molecule has 36 heavy (non-hydrogen) atoms. The van der Waals surface area contributed by atoms with E-state index in [1.165, 1.54) is 7.11 Å². The Morgan fingerprint density at radius 2 is 1.89 bits per heavy atom. The van der Waals surface area contributed by atoms with E-state index in [1.807, 2.05) is 53.1 Å². The van der Waals surface area contributed by atoms with Crippen LogP contribution in [0.25, 0.3) is 39.2 Å². The maximum Gasteiger partial charge on any atom is 0.340 e. The standard InChI is InChI=1S/C27H24N4O4S/c1-3-4-14-35-23-15-17(31-16-28-22-11-7-10-21(24(22)31)26(32)34-2)12-13-19(23)18-8-5-6-9-20(18)25-29-27(33)36-30-25/h5-13,15-16H,3-4,14H2,1-2H3,(H,29,30,33). The van der Waals surface area contributed by atoms with E-state index < -0.39 is 5.97 Å². The number of nitrogens with one attached hydrogen (secondary N) is 1. The monoisotopic (exact) mass is 500 g/mol. The van der Waals surface area contributed by atoms with Crippen molar-refractivity contribution in [1.82, 2.24) is 18.9 Å². The van der Waals surface area contributed by atoms with E-state index in [9.17, 15) is 9.59 Å². The van der Waals surface area contributed by atoms with E-state index in [-0.39, 0.29) is 4.87 Å². The van der Waals surface area contributed by atoms with Gasteiger partial charge < -0.3 is 9.47 Å². The van der Waals surface area contributed by atoms with Gasteiger partial charge in [-0.15, -0.1) is 0 Å². The van der Waals surface area contributed by atoms with Gasteiger partial charge in [-0.25, -0.2) is 9.78 Å². The summed E-state index contributed by atoms with van der Waals surface area (Å²) in [6, 6.07) is 19.0. The molecule has 2 heterocycles. The number of hydrogen-bond acceptors (Lipinski definition) is 7. The van der Waals surface area contributed by atoms with Crippen LogP contribution in [0.5, 0.6) is 5.75 Å². The van der Waals surface area contributed by atoms with Gasteiger partial charge in [0.2, 0.25) is 0 Å². The van der Waals surface area contributed by atoms with Crippen molar-refractivity contribution in [2.45, 2.75) is 19.8 Å². The summed E-state index contributed by atoms with van der Waals surface area (Å²) >= 11 is 0.891. The van der Waals surface area contributed by atoms with Gasteiger partial charge in [-0.1, -0.05) is 43.7 Å². The second-order valence-corrected chi connectivity index (χ2v) is 8.89. The number of fused-ring (bicyclic) bond motifs is 1. The number of H-pyrrole nitrogens is 1. The molecule has 0 aliphatic heterocycles. The third-order valence-corrected chi connectivity index (χ3v) is 6.43. The molecule has 0 saturated carbocycles. The maximum absolute atomic E-state index is 12.4. The second kappa shape index (κ2) is 10.2. The number of rotatable bonds is 8. The first kappa shape index (κ1) is 23.5. The van der Waals surface area contributed by atoms with E-state index in [0.717, 1.165) is 46.8 Å². The number of para-hydroxylation sites is 1. The molecule has 0 saturated heterocycles. The zero-order valence-electron chi connectivity index (χ0n) is 19.9. The van der Waals surface area contributed by atoms with E-state index in [1.54, 1.807) is 18.5 Å². The maximum atomic E-state index is 12.4. The minimum absolute atomic E-state index is 0.206. The SMILES string of the molecule is CCCCOc1cc(-n2cnc3cccc(C(=O)OC)c32)ccc1-c1ccccc1-c1nsc(=O)[nH]1. The van der Waals surface area contributed by atoms with Gasteiger partial charge in [0.05, 0.1) is 36.0 Å². The summed E-state index contributed by atoms with van der Waals surface area (Å²) in [5, 5.41) is 0. The highest BCUT2D eigenvalue weighted by molar-refractivity contribution is 7.03. The Morgan fingerprint density at radius 1 is 1.06 bits per heavy atom. The number of ether oxygens (including phenoxy) is 2. The van der Waals surface area contributed by atoms with Crippen molar-refractivity contribution in [2.75, 3.05) is 13.7 Å². The zero-order valence-corrected chi connectivity index (χ0v) is 20.7. The number of unbranched alkanes of at least 4 members (excludes halogenated alkanes) is 1. The Kier molecular flexibility index (Phi) is 6.64. The topological polar surface area (TPSA) is 99.1 Å². The van der Waals surface area contributed by atoms with Crippen LogP contribution in [0.4, 0.5) is 0 Å². The number of aromatic nitrogens is 4. The van der Waals surface area contributed by atoms with Gasteiger partial charge in [0.1, 0.15) is 12.1 Å². The molecule has 3 aromatic carbocycles. The summed E-state index contributed by atoms with van der Waals surface area (Å²) in [5.74, 6) is 0.778. The van der Waals surface area contributed by atoms with Crippen molar-refractivity contribution >= 4 is 28.5 Å². The smallest absolute Gasteiger partial charge is 0.340 e. The minimum Gasteiger partial charge on any atom is -0.493 e. The van der Waals surface area contributed by atoms with Gasteiger partial charge in [-0.2, -0.15) is 4.37 Å². The van der Waals surface area contributed by atoms with E-state index in [2.05, 4.69) is 21.3 Å². The molecule has 9 heteroatoms. The number of esters is 1. The van der Waals surface area contributed by atoms with Crippen LogP contribution in [0.2, 0.25) is 0 Å². The Balaban J connectivity index is 1.67. The van der Waals surface area contributed by atoms with Gasteiger partial charge in [0.15, 0.2) is 5.82 Å². The summed E-state index contributed by atoms with van der Waals surface area (Å²) in [4.78, 5) is 31.3. The molecule has 0 spiro atoms. The second-order valence-electron chi connectivity index (χ2n) is 8.15. The fourth-order valence-electron chi connectivity index (χ4n) is 4.14. The Hall–Kier alpha value is -4.24. The molecule has 0 bridgehead atoms. The van der Waals surface area contributed by atoms with Crippen LogP contribution in [0.1, 0.15) is 30.1 Å². The number of carbonyl (C=O) groups is 1. The lowest BCUT2D eigenvalue weighted by molar-refractivity contribution is 0.0602. The molecule has 182 valence electrons. The van der Waals surface area contributed by atoms with Gasteiger partial charge in [-0.3, -0.25) is 14.3 Å².